The third-order valence-electron chi connectivity index (χ3n) is 4.61. The zero-order valence-electron chi connectivity index (χ0n) is 15.1. The van der Waals surface area contributed by atoms with Gasteiger partial charge in [-0.1, -0.05) is 42.5 Å². The molecule has 0 bridgehead atoms. The lowest BCUT2D eigenvalue weighted by Gasteiger charge is -2.23. The van der Waals surface area contributed by atoms with Crippen LogP contribution in [0.4, 0.5) is 5.69 Å². The van der Waals surface area contributed by atoms with Crippen LogP contribution in [0.2, 0.25) is 0 Å². The van der Waals surface area contributed by atoms with E-state index in [1.54, 1.807) is 0 Å². The largest absolute Gasteiger partial charge is 0.351 e. The van der Waals surface area contributed by atoms with Gasteiger partial charge in [-0.2, -0.15) is 0 Å². The summed E-state index contributed by atoms with van der Waals surface area (Å²) in [7, 11) is 0. The van der Waals surface area contributed by atoms with E-state index < -0.39 is 0 Å². The molecule has 1 atom stereocenters. The maximum Gasteiger partial charge on any atom is 0.237 e. The fraction of sp³-hybridized carbons (Fsp3) is 0.333. The number of nitrogens with one attached hydrogen (secondary N) is 2. The van der Waals surface area contributed by atoms with Gasteiger partial charge < -0.3 is 10.6 Å². The Balaban J connectivity index is 1.56. The van der Waals surface area contributed by atoms with Crippen LogP contribution in [-0.4, -0.2) is 29.3 Å². The number of hydrogen-bond acceptors (Lipinski definition) is 3. The van der Waals surface area contributed by atoms with Crippen LogP contribution in [-0.2, 0) is 22.7 Å². The predicted molar refractivity (Wildman–Crippen MR) is 102 cm³/mol. The Morgan fingerprint density at radius 3 is 2.62 bits per heavy atom. The summed E-state index contributed by atoms with van der Waals surface area (Å²) < 4.78 is 0. The van der Waals surface area contributed by atoms with E-state index in [9.17, 15) is 9.59 Å². The summed E-state index contributed by atoms with van der Waals surface area (Å²) in [5.74, 6) is -0.0305. The van der Waals surface area contributed by atoms with Crippen molar-refractivity contribution in [1.82, 2.24) is 10.2 Å². The molecule has 5 heteroatoms. The van der Waals surface area contributed by atoms with Gasteiger partial charge in [0.25, 0.3) is 0 Å². The number of anilines is 1. The molecule has 1 fully saturated rings. The van der Waals surface area contributed by atoms with Crippen molar-refractivity contribution in [2.24, 2.45) is 0 Å². The number of carbonyl (C=O) groups excluding carboxylic acids is 2. The van der Waals surface area contributed by atoms with Gasteiger partial charge in [-0.05, 0) is 42.6 Å². The van der Waals surface area contributed by atoms with E-state index in [1.165, 1.54) is 12.5 Å². The third kappa shape index (κ3) is 4.92. The van der Waals surface area contributed by atoms with Crippen molar-refractivity contribution in [1.29, 1.82) is 0 Å². The van der Waals surface area contributed by atoms with E-state index in [4.69, 9.17) is 0 Å². The molecular formula is C21H25N3O2. The molecule has 5 nitrogen and oxygen atoms in total. The molecule has 2 amide bonds. The Morgan fingerprint density at radius 1 is 1.08 bits per heavy atom. The maximum absolute atomic E-state index is 12.7. The first-order chi connectivity index (χ1) is 12.6. The highest BCUT2D eigenvalue weighted by molar-refractivity contribution is 5.88. The van der Waals surface area contributed by atoms with Crippen molar-refractivity contribution in [2.75, 3.05) is 11.9 Å². The fourth-order valence-electron chi connectivity index (χ4n) is 3.40. The van der Waals surface area contributed by atoms with Gasteiger partial charge >= 0.3 is 0 Å². The van der Waals surface area contributed by atoms with Gasteiger partial charge in [-0.15, -0.1) is 0 Å². The highest BCUT2D eigenvalue weighted by atomic mass is 16.2. The zero-order valence-corrected chi connectivity index (χ0v) is 15.1. The van der Waals surface area contributed by atoms with Gasteiger partial charge in [-0.3, -0.25) is 14.5 Å². The van der Waals surface area contributed by atoms with Crippen LogP contribution in [0, 0.1) is 0 Å². The molecule has 0 spiro atoms. The standard InChI is InChI=1S/C21H25N3O2/c1-16(25)23-19-10-5-9-18(13-19)14-22-21(26)20-11-6-12-24(20)15-17-7-3-2-4-8-17/h2-5,7-10,13,20H,6,11-12,14-15H2,1H3,(H,22,26)(H,23,25)/t20-/m0/s1. The number of hydrogen-bond donors (Lipinski definition) is 2. The summed E-state index contributed by atoms with van der Waals surface area (Å²) in [6, 6.07) is 17.7. The molecule has 0 radical (unpaired) electrons. The first-order valence-electron chi connectivity index (χ1n) is 9.04. The second kappa shape index (κ2) is 8.63. The SMILES string of the molecule is CC(=O)Nc1cccc(CNC(=O)[C@@H]2CCCN2Cc2ccccc2)c1. The Bertz CT molecular complexity index is 761. The Kier molecular flexibility index (Phi) is 6.02. The van der Waals surface area contributed by atoms with Crippen molar-refractivity contribution in [2.45, 2.75) is 38.9 Å². The highest BCUT2D eigenvalue weighted by Gasteiger charge is 2.30. The molecule has 26 heavy (non-hydrogen) atoms. The highest BCUT2D eigenvalue weighted by Crippen LogP contribution is 2.20. The number of likely N-dealkylation sites (tertiary alicyclic amines) is 1. The van der Waals surface area contributed by atoms with Crippen molar-refractivity contribution >= 4 is 17.5 Å². The van der Waals surface area contributed by atoms with E-state index in [-0.39, 0.29) is 17.9 Å². The Morgan fingerprint density at radius 2 is 1.85 bits per heavy atom. The summed E-state index contributed by atoms with van der Waals surface area (Å²) in [4.78, 5) is 26.1. The summed E-state index contributed by atoms with van der Waals surface area (Å²) in [5, 5.41) is 5.81. The van der Waals surface area contributed by atoms with E-state index in [2.05, 4.69) is 27.7 Å². The molecule has 2 aromatic carbocycles. The van der Waals surface area contributed by atoms with E-state index in [0.29, 0.717) is 6.54 Å². The molecule has 0 aliphatic carbocycles. The van der Waals surface area contributed by atoms with Crippen LogP contribution in [0.15, 0.2) is 54.6 Å². The molecule has 1 heterocycles. The summed E-state index contributed by atoms with van der Waals surface area (Å²) in [6.45, 7) is 3.69. The van der Waals surface area contributed by atoms with Crippen LogP contribution in [0.5, 0.6) is 0 Å². The Labute approximate surface area is 154 Å². The van der Waals surface area contributed by atoms with Crippen molar-refractivity contribution in [3.8, 4) is 0 Å². The Hall–Kier alpha value is -2.66. The average molecular weight is 351 g/mol. The lowest BCUT2D eigenvalue weighted by Crippen LogP contribution is -2.42. The van der Waals surface area contributed by atoms with E-state index >= 15 is 0 Å². The molecule has 2 aromatic rings. The minimum absolute atomic E-state index is 0.0726. The number of nitrogens with zero attached hydrogens (tertiary/aromatic N) is 1. The first-order valence-corrected chi connectivity index (χ1v) is 9.04. The van der Waals surface area contributed by atoms with Gasteiger partial charge in [0, 0.05) is 25.7 Å². The number of carbonyl (C=O) groups is 2. The van der Waals surface area contributed by atoms with Gasteiger partial charge in [-0.25, -0.2) is 0 Å². The molecule has 1 aliphatic heterocycles. The smallest absolute Gasteiger partial charge is 0.237 e. The number of benzene rings is 2. The minimum Gasteiger partial charge on any atom is -0.351 e. The topological polar surface area (TPSA) is 61.4 Å². The third-order valence-corrected chi connectivity index (χ3v) is 4.61. The van der Waals surface area contributed by atoms with Gasteiger partial charge in [0.15, 0.2) is 0 Å². The van der Waals surface area contributed by atoms with Gasteiger partial charge in [0.2, 0.25) is 11.8 Å². The molecule has 3 rings (SSSR count). The van der Waals surface area contributed by atoms with Crippen molar-refractivity contribution in [3.05, 3.63) is 65.7 Å². The second-order valence-electron chi connectivity index (χ2n) is 6.71. The van der Waals surface area contributed by atoms with E-state index in [1.807, 2.05) is 42.5 Å². The van der Waals surface area contributed by atoms with Crippen molar-refractivity contribution < 1.29 is 9.59 Å². The normalized spacial score (nSPS) is 17.0. The minimum atomic E-state index is -0.103. The van der Waals surface area contributed by atoms with Crippen LogP contribution in [0.25, 0.3) is 0 Å². The van der Waals surface area contributed by atoms with Crippen molar-refractivity contribution in [3.63, 3.8) is 0 Å². The second-order valence-corrected chi connectivity index (χ2v) is 6.71. The molecule has 0 unspecified atom stereocenters. The zero-order chi connectivity index (χ0) is 18.4. The van der Waals surface area contributed by atoms with Crippen LogP contribution < -0.4 is 10.6 Å². The summed E-state index contributed by atoms with van der Waals surface area (Å²) in [5.41, 5.74) is 2.95. The molecule has 1 saturated heterocycles. The summed E-state index contributed by atoms with van der Waals surface area (Å²) >= 11 is 0. The molecular weight excluding hydrogens is 326 g/mol. The molecule has 136 valence electrons. The number of rotatable bonds is 6. The van der Waals surface area contributed by atoms with Crippen LogP contribution >= 0.6 is 0 Å². The fourth-order valence-corrected chi connectivity index (χ4v) is 3.40. The number of amides is 2. The predicted octanol–water partition coefficient (Wildman–Crippen LogP) is 2.93. The molecule has 0 saturated carbocycles. The molecule has 0 aromatic heterocycles. The van der Waals surface area contributed by atoms with Gasteiger partial charge in [0.05, 0.1) is 6.04 Å². The lowest BCUT2D eigenvalue weighted by atomic mass is 10.1. The molecule has 2 N–H and O–H groups in total. The van der Waals surface area contributed by atoms with Crippen LogP contribution in [0.3, 0.4) is 0 Å². The maximum atomic E-state index is 12.7. The quantitative estimate of drug-likeness (QED) is 0.841. The monoisotopic (exact) mass is 351 g/mol. The van der Waals surface area contributed by atoms with Crippen LogP contribution in [0.1, 0.15) is 30.9 Å². The lowest BCUT2D eigenvalue weighted by molar-refractivity contribution is -0.125. The van der Waals surface area contributed by atoms with Gasteiger partial charge in [0.1, 0.15) is 0 Å². The molecule has 1 aliphatic rings. The first kappa shape index (κ1) is 18.1. The summed E-state index contributed by atoms with van der Waals surface area (Å²) in [6.07, 6.45) is 1.94. The average Bonchev–Trinajstić information content (AvgIpc) is 3.08. The van der Waals surface area contributed by atoms with E-state index in [0.717, 1.165) is 37.2 Å².